The van der Waals surface area contributed by atoms with Crippen molar-refractivity contribution in [3.8, 4) is 0 Å². The fourth-order valence-electron chi connectivity index (χ4n) is 4.84. The third kappa shape index (κ3) is 2.35. The molecule has 1 aromatic carbocycles. The highest BCUT2D eigenvalue weighted by Gasteiger charge is 2.56. The topological polar surface area (TPSA) is 43.9 Å². The van der Waals surface area contributed by atoms with E-state index in [1.54, 1.807) is 18.4 Å². The first-order valence-electron chi connectivity index (χ1n) is 8.48. The average Bonchev–Trinajstić information content (AvgIpc) is 3.00. The van der Waals surface area contributed by atoms with E-state index < -0.39 is 10.2 Å². The fraction of sp³-hybridized carbons (Fsp3) is 0.647. The van der Waals surface area contributed by atoms with Crippen LogP contribution >= 0.6 is 0 Å². The molecule has 5 rings (SSSR count). The van der Waals surface area contributed by atoms with E-state index in [1.807, 2.05) is 6.07 Å². The molecule has 3 atom stereocenters. The third-order valence-electron chi connectivity index (χ3n) is 5.94. The molecule has 2 bridgehead atoms. The van der Waals surface area contributed by atoms with Crippen LogP contribution in [0.1, 0.15) is 24.3 Å². The summed E-state index contributed by atoms with van der Waals surface area (Å²) in [4.78, 5) is 2.54. The Morgan fingerprint density at radius 2 is 1.70 bits per heavy atom. The average molecular weight is 335 g/mol. The molecule has 0 amide bonds. The first-order valence-corrected chi connectivity index (χ1v) is 9.88. The van der Waals surface area contributed by atoms with Gasteiger partial charge in [0.2, 0.25) is 0 Å². The Kier molecular flexibility index (Phi) is 3.76. The van der Waals surface area contributed by atoms with Crippen LogP contribution in [-0.2, 0) is 10.2 Å². The van der Waals surface area contributed by atoms with Crippen LogP contribution in [-0.4, -0.2) is 67.7 Å². The Morgan fingerprint density at radius 3 is 2.30 bits per heavy atom. The van der Waals surface area contributed by atoms with Crippen molar-refractivity contribution in [3.63, 3.8) is 0 Å². The zero-order valence-electron chi connectivity index (χ0n) is 13.8. The summed E-state index contributed by atoms with van der Waals surface area (Å²) in [6, 6.07) is 10.9. The summed E-state index contributed by atoms with van der Waals surface area (Å²) in [5.41, 5.74) is 1.27. The largest absolute Gasteiger partial charge is 0.298 e. The van der Waals surface area contributed by atoms with Gasteiger partial charge in [-0.3, -0.25) is 4.90 Å². The fourth-order valence-corrected chi connectivity index (χ4v) is 6.21. The van der Waals surface area contributed by atoms with Gasteiger partial charge in [0, 0.05) is 38.6 Å². The van der Waals surface area contributed by atoms with Gasteiger partial charge in [0.15, 0.2) is 0 Å². The van der Waals surface area contributed by atoms with E-state index in [1.165, 1.54) is 9.87 Å². The molecule has 0 saturated carbocycles. The Bertz CT molecular complexity index is 668. The molecule has 0 aliphatic carbocycles. The molecule has 23 heavy (non-hydrogen) atoms. The van der Waals surface area contributed by atoms with Gasteiger partial charge >= 0.3 is 0 Å². The smallest absolute Gasteiger partial charge is 0.281 e. The number of benzene rings is 1. The van der Waals surface area contributed by atoms with Crippen molar-refractivity contribution in [2.45, 2.75) is 30.8 Å². The molecule has 0 spiro atoms. The molecule has 4 aliphatic heterocycles. The molecule has 0 radical (unpaired) electrons. The first kappa shape index (κ1) is 15.6. The molecular formula is C17H25N3O2S. The molecule has 4 fully saturated rings. The van der Waals surface area contributed by atoms with Crippen LogP contribution in [0, 0.1) is 5.92 Å². The van der Waals surface area contributed by atoms with Crippen molar-refractivity contribution in [3.05, 3.63) is 35.9 Å². The van der Waals surface area contributed by atoms with Gasteiger partial charge in [-0.2, -0.15) is 17.0 Å². The van der Waals surface area contributed by atoms with Gasteiger partial charge in [-0.05, 0) is 37.4 Å². The van der Waals surface area contributed by atoms with Gasteiger partial charge in [-0.1, -0.05) is 30.3 Å². The molecule has 0 unspecified atom stereocenters. The number of hydrogen-bond donors (Lipinski definition) is 0. The lowest BCUT2D eigenvalue weighted by Crippen LogP contribution is -2.61. The minimum absolute atomic E-state index is 0.134. The lowest BCUT2D eigenvalue weighted by atomic mass is 9.75. The first-order chi connectivity index (χ1) is 11.0. The summed E-state index contributed by atoms with van der Waals surface area (Å²) >= 11 is 0. The molecule has 0 aromatic heterocycles. The van der Waals surface area contributed by atoms with Gasteiger partial charge in [0.05, 0.1) is 0 Å². The van der Waals surface area contributed by atoms with Crippen LogP contribution in [0.15, 0.2) is 30.3 Å². The molecule has 5 nitrogen and oxygen atoms in total. The van der Waals surface area contributed by atoms with Gasteiger partial charge in [-0.15, -0.1) is 0 Å². The molecule has 4 heterocycles. The van der Waals surface area contributed by atoms with Crippen molar-refractivity contribution in [1.82, 2.24) is 13.5 Å². The zero-order valence-corrected chi connectivity index (χ0v) is 14.6. The van der Waals surface area contributed by atoms with Crippen molar-refractivity contribution in [2.75, 3.05) is 33.7 Å². The van der Waals surface area contributed by atoms with Gasteiger partial charge in [0.25, 0.3) is 10.2 Å². The maximum Gasteiger partial charge on any atom is 0.281 e. The maximum atomic E-state index is 12.9. The van der Waals surface area contributed by atoms with Gasteiger partial charge in [-0.25, -0.2) is 0 Å². The SMILES string of the molecule is CN(C)S(=O)(=O)N1C[C@H](c2ccccc2)[C@H]2[C@@H]1C1CCN2CC1. The van der Waals surface area contributed by atoms with Crippen LogP contribution in [0.2, 0.25) is 0 Å². The van der Waals surface area contributed by atoms with Gasteiger partial charge < -0.3 is 0 Å². The van der Waals surface area contributed by atoms with Crippen molar-refractivity contribution in [2.24, 2.45) is 5.92 Å². The number of piperidine rings is 3. The number of rotatable bonds is 3. The summed E-state index contributed by atoms with van der Waals surface area (Å²) in [5.74, 6) is 0.785. The van der Waals surface area contributed by atoms with Crippen molar-refractivity contribution < 1.29 is 8.42 Å². The minimum atomic E-state index is -3.37. The third-order valence-corrected chi connectivity index (χ3v) is 7.84. The number of hydrogen-bond acceptors (Lipinski definition) is 3. The van der Waals surface area contributed by atoms with E-state index in [0.717, 1.165) is 25.9 Å². The van der Waals surface area contributed by atoms with E-state index >= 15 is 0 Å². The van der Waals surface area contributed by atoms with E-state index in [2.05, 4.69) is 29.2 Å². The molecular weight excluding hydrogens is 310 g/mol. The van der Waals surface area contributed by atoms with E-state index in [-0.39, 0.29) is 12.0 Å². The lowest BCUT2D eigenvalue weighted by Gasteiger charge is -2.51. The standard InChI is InChI=1S/C17H25N3O2S/c1-18(2)23(21,22)20-12-15(13-6-4-3-5-7-13)17-16(20)14-8-10-19(17)11-9-14/h3-7,14-17H,8-12H2,1-2H3/t15-,16+,17+/m1/s1. The van der Waals surface area contributed by atoms with Crippen molar-refractivity contribution in [1.29, 1.82) is 0 Å². The van der Waals surface area contributed by atoms with E-state index in [0.29, 0.717) is 18.5 Å². The summed E-state index contributed by atoms with van der Waals surface area (Å²) < 4.78 is 28.9. The molecule has 6 heteroatoms. The maximum absolute atomic E-state index is 12.9. The zero-order chi connectivity index (χ0) is 16.2. The normalized spacial score (nSPS) is 37.3. The van der Waals surface area contributed by atoms with E-state index in [9.17, 15) is 8.42 Å². The Hall–Kier alpha value is -0.950. The lowest BCUT2D eigenvalue weighted by molar-refractivity contribution is 0.0114. The van der Waals surface area contributed by atoms with Crippen LogP contribution in [0.25, 0.3) is 0 Å². The van der Waals surface area contributed by atoms with Crippen LogP contribution in [0.5, 0.6) is 0 Å². The number of fused-ring (bicyclic) bond motifs is 2. The van der Waals surface area contributed by atoms with Crippen molar-refractivity contribution >= 4 is 10.2 Å². The second kappa shape index (κ2) is 5.55. The second-order valence-electron chi connectivity index (χ2n) is 7.23. The summed E-state index contributed by atoms with van der Waals surface area (Å²) in [5, 5.41) is 0. The molecule has 1 aromatic rings. The highest BCUT2D eigenvalue weighted by atomic mass is 32.2. The Morgan fingerprint density at radius 1 is 1.04 bits per heavy atom. The van der Waals surface area contributed by atoms with Crippen LogP contribution < -0.4 is 0 Å². The van der Waals surface area contributed by atoms with Crippen LogP contribution in [0.4, 0.5) is 0 Å². The summed E-state index contributed by atoms with van der Waals surface area (Å²) in [6.45, 7) is 2.84. The highest BCUT2D eigenvalue weighted by molar-refractivity contribution is 7.86. The summed E-state index contributed by atoms with van der Waals surface area (Å²) in [7, 11) is -0.0895. The Labute approximate surface area is 139 Å². The van der Waals surface area contributed by atoms with Crippen LogP contribution in [0.3, 0.4) is 0 Å². The Balaban J connectivity index is 1.76. The monoisotopic (exact) mass is 335 g/mol. The molecule has 4 aliphatic rings. The van der Waals surface area contributed by atoms with E-state index in [4.69, 9.17) is 0 Å². The number of nitrogens with zero attached hydrogens (tertiary/aromatic N) is 3. The minimum Gasteiger partial charge on any atom is -0.298 e. The highest BCUT2D eigenvalue weighted by Crippen LogP contribution is 2.47. The van der Waals surface area contributed by atoms with Gasteiger partial charge in [0.1, 0.15) is 0 Å². The predicted octanol–water partition coefficient (Wildman–Crippen LogP) is 1.35. The molecule has 4 saturated heterocycles. The predicted molar refractivity (Wildman–Crippen MR) is 90.4 cm³/mol. The summed E-state index contributed by atoms with van der Waals surface area (Å²) in [6.07, 6.45) is 2.25. The molecule has 0 N–H and O–H groups in total. The quantitative estimate of drug-likeness (QED) is 0.838. The molecule has 126 valence electrons. The second-order valence-corrected chi connectivity index (χ2v) is 9.33.